The van der Waals surface area contributed by atoms with Crippen LogP contribution in [0.1, 0.15) is 73.1 Å². The minimum atomic E-state index is -0.184. The van der Waals surface area contributed by atoms with Crippen molar-refractivity contribution < 1.29 is 9.59 Å². The molecule has 154 valence electrons. The monoisotopic (exact) mass is 377 g/mol. The van der Waals surface area contributed by atoms with Gasteiger partial charge < -0.3 is 10.6 Å². The van der Waals surface area contributed by atoms with Crippen LogP contribution < -0.4 is 10.6 Å². The van der Waals surface area contributed by atoms with Crippen LogP contribution in [0.4, 0.5) is 0 Å². The molecule has 1 saturated heterocycles. The highest BCUT2D eigenvalue weighted by Crippen LogP contribution is 2.53. The lowest BCUT2D eigenvalue weighted by atomic mass is 9.92. The van der Waals surface area contributed by atoms with Crippen molar-refractivity contribution in [3.63, 3.8) is 0 Å². The van der Waals surface area contributed by atoms with E-state index in [1.165, 1.54) is 0 Å². The Kier molecular flexibility index (Phi) is 7.12. The Labute approximate surface area is 165 Å². The first-order chi connectivity index (χ1) is 12.6. The van der Waals surface area contributed by atoms with Crippen LogP contribution in [0.25, 0.3) is 0 Å². The van der Waals surface area contributed by atoms with Crippen LogP contribution >= 0.6 is 0 Å². The van der Waals surface area contributed by atoms with Gasteiger partial charge in [0.2, 0.25) is 11.8 Å². The maximum Gasteiger partial charge on any atom is 0.246 e. The topological polar surface area (TPSA) is 61.4 Å². The fraction of sp³-hybridized carbons (Fsp3) is 0.818. The smallest absolute Gasteiger partial charge is 0.246 e. The van der Waals surface area contributed by atoms with Gasteiger partial charge in [-0.3, -0.25) is 14.5 Å². The minimum absolute atomic E-state index is 0.0377. The fourth-order valence-electron chi connectivity index (χ4n) is 4.20. The maximum absolute atomic E-state index is 12.5. The lowest BCUT2D eigenvalue weighted by molar-refractivity contribution is -0.124. The molecule has 1 atom stereocenters. The quantitative estimate of drug-likeness (QED) is 0.638. The summed E-state index contributed by atoms with van der Waals surface area (Å²) in [5.41, 5.74) is 0.792. The highest BCUT2D eigenvalue weighted by Gasteiger charge is 2.55. The Bertz CT molecular complexity index is 552. The van der Waals surface area contributed by atoms with E-state index in [1.807, 2.05) is 20.8 Å². The van der Waals surface area contributed by atoms with Crippen molar-refractivity contribution in [1.29, 1.82) is 0 Å². The van der Waals surface area contributed by atoms with Gasteiger partial charge in [-0.25, -0.2) is 0 Å². The summed E-state index contributed by atoms with van der Waals surface area (Å²) in [7, 11) is 0. The molecule has 0 bridgehead atoms. The van der Waals surface area contributed by atoms with Crippen LogP contribution in [-0.4, -0.2) is 47.9 Å². The predicted molar refractivity (Wildman–Crippen MR) is 110 cm³/mol. The number of hydrogen-bond donors (Lipinski definition) is 2. The van der Waals surface area contributed by atoms with Crippen molar-refractivity contribution in [2.45, 2.75) is 84.7 Å². The van der Waals surface area contributed by atoms with Crippen LogP contribution in [0.3, 0.4) is 0 Å². The lowest BCUT2D eigenvalue weighted by Gasteiger charge is -2.33. The van der Waals surface area contributed by atoms with Crippen LogP contribution in [0, 0.1) is 11.3 Å². The molecule has 1 saturated carbocycles. The second-order valence-corrected chi connectivity index (χ2v) is 9.66. The molecule has 1 aliphatic carbocycles. The van der Waals surface area contributed by atoms with Gasteiger partial charge in [0.1, 0.15) is 0 Å². The number of nitrogens with one attached hydrogen (secondary N) is 2. The fourth-order valence-corrected chi connectivity index (χ4v) is 4.20. The largest absolute Gasteiger partial charge is 0.350 e. The molecule has 2 aliphatic rings. The van der Waals surface area contributed by atoms with E-state index in [1.54, 1.807) is 0 Å². The van der Waals surface area contributed by atoms with Crippen LogP contribution in [0.5, 0.6) is 0 Å². The highest BCUT2D eigenvalue weighted by atomic mass is 16.2. The molecule has 0 radical (unpaired) electrons. The number of carbonyl (C=O) groups is 2. The molecule has 2 N–H and O–H groups in total. The van der Waals surface area contributed by atoms with Gasteiger partial charge in [0.25, 0.3) is 0 Å². The second-order valence-electron chi connectivity index (χ2n) is 9.66. The third kappa shape index (κ3) is 6.34. The van der Waals surface area contributed by atoms with Gasteiger partial charge in [-0.05, 0) is 70.9 Å². The zero-order valence-corrected chi connectivity index (χ0v) is 18.0. The van der Waals surface area contributed by atoms with Gasteiger partial charge in [-0.2, -0.15) is 0 Å². The molecule has 1 unspecified atom stereocenters. The molecule has 27 heavy (non-hydrogen) atoms. The van der Waals surface area contributed by atoms with Crippen molar-refractivity contribution in [2.24, 2.45) is 11.3 Å². The second kappa shape index (κ2) is 8.76. The zero-order valence-electron chi connectivity index (χ0n) is 18.0. The van der Waals surface area contributed by atoms with E-state index in [-0.39, 0.29) is 28.8 Å². The molecule has 1 spiro atoms. The maximum atomic E-state index is 12.5. The first-order valence-electron chi connectivity index (χ1n) is 10.6. The molecule has 0 aromatic rings. The molecule has 0 aromatic carbocycles. The normalized spacial score (nSPS) is 21.9. The van der Waals surface area contributed by atoms with Crippen LogP contribution in [0.15, 0.2) is 12.2 Å². The molecule has 2 rings (SSSR count). The summed E-state index contributed by atoms with van der Waals surface area (Å²) in [6.07, 6.45) is 6.16. The van der Waals surface area contributed by atoms with Crippen molar-refractivity contribution >= 4 is 11.8 Å². The van der Waals surface area contributed by atoms with E-state index in [0.717, 1.165) is 57.2 Å². The Morgan fingerprint density at radius 3 is 2.30 bits per heavy atom. The van der Waals surface area contributed by atoms with Crippen LogP contribution in [0.2, 0.25) is 0 Å². The number of likely N-dealkylation sites (tertiary alicyclic amines) is 1. The van der Waals surface area contributed by atoms with E-state index >= 15 is 0 Å². The van der Waals surface area contributed by atoms with E-state index in [9.17, 15) is 9.59 Å². The van der Waals surface area contributed by atoms with Gasteiger partial charge in [-0.15, -0.1) is 0 Å². The molecule has 1 aliphatic heterocycles. The molecular formula is C22H39N3O2. The molecule has 2 amide bonds. The summed E-state index contributed by atoms with van der Waals surface area (Å²) < 4.78 is 0. The summed E-state index contributed by atoms with van der Waals surface area (Å²) in [5.74, 6) is 0.687. The summed E-state index contributed by atoms with van der Waals surface area (Å²) in [6.45, 7) is 16.7. The highest BCUT2D eigenvalue weighted by molar-refractivity contribution is 5.93. The summed E-state index contributed by atoms with van der Waals surface area (Å²) in [6, 6.07) is 0.286. The Morgan fingerprint density at radius 1 is 1.19 bits per heavy atom. The Balaban J connectivity index is 1.73. The minimum Gasteiger partial charge on any atom is -0.350 e. The third-order valence-electron chi connectivity index (χ3n) is 6.24. The molecule has 2 fully saturated rings. The molecule has 5 heteroatoms. The van der Waals surface area contributed by atoms with E-state index in [0.29, 0.717) is 12.5 Å². The molecule has 0 aromatic heterocycles. The predicted octanol–water partition coefficient (Wildman–Crippen LogP) is 3.25. The van der Waals surface area contributed by atoms with Crippen molar-refractivity contribution in [1.82, 2.24) is 15.5 Å². The first-order valence-corrected chi connectivity index (χ1v) is 10.6. The van der Waals surface area contributed by atoms with Gasteiger partial charge in [-0.1, -0.05) is 33.3 Å². The molecule has 5 nitrogen and oxygen atoms in total. The average molecular weight is 378 g/mol. The number of nitrogens with zero attached hydrogens (tertiary/aromatic N) is 1. The van der Waals surface area contributed by atoms with Crippen LogP contribution in [-0.2, 0) is 9.59 Å². The number of piperidine rings is 1. The standard InChI is InChI=1S/C22H39N3O2/c1-7-17(8-2)13-16(3)20(27)23-18-14-22(18)9-11-25(12-10-22)15-19(26)24-21(4,5)6/h17-18H,3,7-15H2,1-2,4-6H3,(H,23,27)(H,24,26). The Hall–Kier alpha value is -1.36. The summed E-state index contributed by atoms with van der Waals surface area (Å²) >= 11 is 0. The third-order valence-corrected chi connectivity index (χ3v) is 6.24. The first kappa shape index (κ1) is 21.9. The SMILES string of the molecule is C=C(CC(CC)CC)C(=O)NC1CC12CCN(CC(=O)NC(C)(C)C)CC2. The Morgan fingerprint density at radius 2 is 1.78 bits per heavy atom. The van der Waals surface area contributed by atoms with E-state index < -0.39 is 0 Å². The summed E-state index contributed by atoms with van der Waals surface area (Å²) in [4.78, 5) is 26.8. The van der Waals surface area contributed by atoms with Crippen molar-refractivity contribution in [2.75, 3.05) is 19.6 Å². The van der Waals surface area contributed by atoms with Gasteiger partial charge >= 0.3 is 0 Å². The van der Waals surface area contributed by atoms with Gasteiger partial charge in [0, 0.05) is 17.2 Å². The lowest BCUT2D eigenvalue weighted by Crippen LogP contribution is -2.48. The van der Waals surface area contributed by atoms with Crippen molar-refractivity contribution in [3.05, 3.63) is 12.2 Å². The van der Waals surface area contributed by atoms with Gasteiger partial charge in [0.05, 0.1) is 6.54 Å². The van der Waals surface area contributed by atoms with E-state index in [4.69, 9.17) is 0 Å². The van der Waals surface area contributed by atoms with Gasteiger partial charge in [0.15, 0.2) is 0 Å². The molecule has 1 heterocycles. The molecular weight excluding hydrogens is 338 g/mol. The van der Waals surface area contributed by atoms with Crippen molar-refractivity contribution in [3.8, 4) is 0 Å². The average Bonchev–Trinajstić information content (AvgIpc) is 3.24. The van der Waals surface area contributed by atoms with E-state index in [2.05, 4.69) is 36.0 Å². The zero-order chi connectivity index (χ0) is 20.2. The number of amides is 2. The number of hydrogen-bond acceptors (Lipinski definition) is 3. The summed E-state index contributed by atoms with van der Waals surface area (Å²) in [5, 5.41) is 6.25. The number of rotatable bonds is 8. The number of carbonyl (C=O) groups excluding carboxylic acids is 2.